The fourth-order valence-corrected chi connectivity index (χ4v) is 0.101. The highest BCUT2D eigenvalue weighted by Gasteiger charge is 1.76. The average Bonchev–Trinajstić information content (AvgIpc) is 1.62. The van der Waals surface area contributed by atoms with Crippen molar-refractivity contribution in [2.75, 3.05) is 0 Å². The number of hydrogen-bond acceptors (Lipinski definition) is 2. The molecule has 0 aromatic rings. The second-order valence-corrected chi connectivity index (χ2v) is 0.995. The first kappa shape index (κ1) is 11.1. The highest BCUT2D eigenvalue weighted by atomic mass is 16.6. The molecule has 0 aliphatic carbocycles. The van der Waals surface area contributed by atoms with Crippen molar-refractivity contribution in [3.8, 4) is 0 Å². The second kappa shape index (κ2) is 7.28. The zero-order chi connectivity index (χ0) is 8.57. The van der Waals surface area contributed by atoms with Crippen LogP contribution in [0.1, 0.15) is 0 Å². The summed E-state index contributed by atoms with van der Waals surface area (Å²) in [5.74, 6) is 0. The molecule has 5 N–H and O–H groups in total. The van der Waals surface area contributed by atoms with E-state index in [1.54, 1.807) is 0 Å². The Bertz CT molecular complexity index is 129. The van der Waals surface area contributed by atoms with Gasteiger partial charge in [0, 0.05) is 0 Å². The van der Waals surface area contributed by atoms with Crippen molar-refractivity contribution in [2.45, 2.75) is 0 Å². The van der Waals surface area contributed by atoms with Crippen LogP contribution in [0.15, 0.2) is 12.8 Å². The topological polar surface area (TPSA) is 113 Å². The number of nitrogens with one attached hydrogen (secondary N) is 1. The number of rotatable bonds is 1. The molecule has 0 saturated heterocycles. The van der Waals surface area contributed by atoms with Gasteiger partial charge in [-0.05, 0) is 6.20 Å². The van der Waals surface area contributed by atoms with E-state index in [1.165, 1.54) is 6.20 Å². The van der Waals surface area contributed by atoms with Crippen LogP contribution >= 0.6 is 0 Å². The number of carboxylic acid groups (broad SMARTS) is 2. The summed E-state index contributed by atoms with van der Waals surface area (Å²) >= 11 is 0. The molecule has 0 aliphatic heterocycles. The molecule has 0 fully saturated rings. The van der Waals surface area contributed by atoms with Gasteiger partial charge in [-0.25, -0.2) is 9.59 Å². The molecule has 2 amide bonds. The van der Waals surface area contributed by atoms with Crippen molar-refractivity contribution < 1.29 is 19.8 Å². The van der Waals surface area contributed by atoms with Crippen LogP contribution in [0, 0.1) is 0 Å². The van der Waals surface area contributed by atoms with Gasteiger partial charge in [-0.3, -0.25) is 0 Å². The lowest BCUT2D eigenvalue weighted by atomic mass is 10.9. The van der Waals surface area contributed by atoms with Gasteiger partial charge in [0.25, 0.3) is 0 Å². The molecule has 58 valence electrons. The Kier molecular flexibility index (Phi) is 8.10. The number of carbonyl (C=O) groups is 2. The van der Waals surface area contributed by atoms with Crippen molar-refractivity contribution in [2.24, 2.45) is 5.73 Å². The Balaban J connectivity index is 0. The van der Waals surface area contributed by atoms with Crippen LogP contribution in [0.2, 0.25) is 0 Å². The lowest BCUT2D eigenvalue weighted by molar-refractivity contribution is 0.137. The average molecular weight is 148 g/mol. The fraction of sp³-hybridized carbons (Fsp3) is 0. The van der Waals surface area contributed by atoms with E-state index in [9.17, 15) is 4.79 Å². The maximum atomic E-state index is 9.64. The highest BCUT2D eigenvalue weighted by molar-refractivity contribution is 5.72. The molecule has 0 heterocycles. The summed E-state index contributed by atoms with van der Waals surface area (Å²) in [6.45, 7) is 3.19. The molecule has 0 rings (SSSR count). The van der Waals surface area contributed by atoms with Crippen molar-refractivity contribution in [1.29, 1.82) is 0 Å². The van der Waals surface area contributed by atoms with E-state index in [4.69, 9.17) is 15.0 Å². The van der Waals surface area contributed by atoms with Crippen LogP contribution in [-0.2, 0) is 0 Å². The lowest BCUT2D eigenvalue weighted by Gasteiger charge is -1.83. The van der Waals surface area contributed by atoms with Crippen LogP contribution in [0.5, 0.6) is 0 Å². The molecule has 6 heteroatoms. The molecule has 10 heavy (non-hydrogen) atoms. The SMILES string of the molecule is C=CNC(N)=O.O=C(O)O. The molecule has 0 aromatic heterocycles. The molecule has 0 aliphatic rings. The third kappa shape index (κ3) is 107. The van der Waals surface area contributed by atoms with Gasteiger partial charge in [0.15, 0.2) is 0 Å². The van der Waals surface area contributed by atoms with Crippen molar-refractivity contribution in [3.05, 3.63) is 12.8 Å². The standard InChI is InChI=1S/C3H6N2O.CH2O3/c1-2-5-3(4)6;2-1(3)4/h2H,1H2,(H3,4,5,6);(H2,2,3,4). The summed E-state index contributed by atoms with van der Waals surface area (Å²) in [5, 5.41) is 16.1. The molecule has 0 bridgehead atoms. The molecule has 0 unspecified atom stereocenters. The van der Waals surface area contributed by atoms with E-state index in [-0.39, 0.29) is 0 Å². The van der Waals surface area contributed by atoms with Gasteiger partial charge in [-0.15, -0.1) is 0 Å². The second-order valence-electron chi connectivity index (χ2n) is 0.995. The van der Waals surface area contributed by atoms with Crippen molar-refractivity contribution in [3.63, 3.8) is 0 Å². The Morgan fingerprint density at radius 1 is 1.50 bits per heavy atom. The molecule has 6 nitrogen and oxygen atoms in total. The highest BCUT2D eigenvalue weighted by Crippen LogP contribution is 1.49. The van der Waals surface area contributed by atoms with Crippen molar-refractivity contribution in [1.82, 2.24) is 5.32 Å². The molecule has 0 saturated carbocycles. The number of hydrogen-bond donors (Lipinski definition) is 4. The molecule has 0 atom stereocenters. The predicted molar refractivity (Wildman–Crippen MR) is 33.6 cm³/mol. The quantitative estimate of drug-likeness (QED) is 0.419. The summed E-state index contributed by atoms with van der Waals surface area (Å²) < 4.78 is 0. The first-order valence-corrected chi connectivity index (χ1v) is 2.09. The minimum Gasteiger partial charge on any atom is -0.450 e. The fourth-order valence-electron chi connectivity index (χ4n) is 0.101. The zero-order valence-electron chi connectivity index (χ0n) is 5.07. The van der Waals surface area contributed by atoms with E-state index in [0.717, 1.165) is 0 Å². The van der Waals surface area contributed by atoms with Gasteiger partial charge >= 0.3 is 12.2 Å². The van der Waals surface area contributed by atoms with E-state index in [2.05, 4.69) is 17.6 Å². The zero-order valence-corrected chi connectivity index (χ0v) is 5.07. The van der Waals surface area contributed by atoms with Gasteiger partial charge < -0.3 is 21.3 Å². The summed E-state index contributed by atoms with van der Waals surface area (Å²) in [5.41, 5.74) is 4.58. The monoisotopic (exact) mass is 148 g/mol. The summed E-state index contributed by atoms with van der Waals surface area (Å²) in [6, 6.07) is -0.579. The molecule has 0 radical (unpaired) electrons. The molecular weight excluding hydrogens is 140 g/mol. The summed E-state index contributed by atoms with van der Waals surface area (Å²) in [6.07, 6.45) is -0.609. The minimum absolute atomic E-state index is 0.579. The van der Waals surface area contributed by atoms with Crippen molar-refractivity contribution >= 4 is 12.2 Å². The smallest absolute Gasteiger partial charge is 0.450 e. The summed E-state index contributed by atoms with van der Waals surface area (Å²) in [7, 11) is 0. The molecule has 0 spiro atoms. The Hall–Kier alpha value is -1.72. The Labute approximate surface area is 57.0 Å². The van der Waals surface area contributed by atoms with E-state index < -0.39 is 12.2 Å². The van der Waals surface area contributed by atoms with Crippen LogP contribution < -0.4 is 11.1 Å². The maximum absolute atomic E-state index is 9.64. The Morgan fingerprint density at radius 2 is 1.80 bits per heavy atom. The number of amides is 2. The van der Waals surface area contributed by atoms with Crippen LogP contribution in [0.25, 0.3) is 0 Å². The third-order valence-corrected chi connectivity index (χ3v) is 0.244. The van der Waals surface area contributed by atoms with Gasteiger partial charge in [-0.2, -0.15) is 0 Å². The normalized spacial score (nSPS) is 6.40. The largest absolute Gasteiger partial charge is 0.503 e. The first-order valence-electron chi connectivity index (χ1n) is 2.09. The number of urea groups is 1. The molecular formula is C4H8N2O4. The number of primary amides is 1. The van der Waals surface area contributed by atoms with Gasteiger partial charge in [0.05, 0.1) is 0 Å². The van der Waals surface area contributed by atoms with Gasteiger partial charge in [0.2, 0.25) is 0 Å². The maximum Gasteiger partial charge on any atom is 0.503 e. The number of carbonyl (C=O) groups excluding carboxylic acids is 1. The summed E-state index contributed by atoms with van der Waals surface area (Å²) in [4.78, 5) is 18.2. The minimum atomic E-state index is -1.83. The van der Waals surface area contributed by atoms with Crippen LogP contribution in [0.3, 0.4) is 0 Å². The van der Waals surface area contributed by atoms with Crippen LogP contribution in [-0.4, -0.2) is 22.4 Å². The van der Waals surface area contributed by atoms with E-state index in [1.807, 2.05) is 0 Å². The Morgan fingerprint density at radius 3 is 1.80 bits per heavy atom. The first-order chi connectivity index (χ1) is 4.50. The molecule has 0 aromatic carbocycles. The van der Waals surface area contributed by atoms with E-state index >= 15 is 0 Å². The van der Waals surface area contributed by atoms with Crippen LogP contribution in [0.4, 0.5) is 9.59 Å². The van der Waals surface area contributed by atoms with Gasteiger partial charge in [-0.1, -0.05) is 6.58 Å². The lowest BCUT2D eigenvalue weighted by Crippen LogP contribution is -2.23. The number of nitrogens with two attached hydrogens (primary N) is 1. The van der Waals surface area contributed by atoms with Gasteiger partial charge in [0.1, 0.15) is 0 Å². The van der Waals surface area contributed by atoms with E-state index in [0.29, 0.717) is 0 Å². The predicted octanol–water partition coefficient (Wildman–Crippen LogP) is 0.0206. The third-order valence-electron chi connectivity index (χ3n) is 0.244.